The minimum atomic E-state index is -2.03. The number of carbonyl (C=O) groups excluding carboxylic acids is 2. The number of hydrogen-bond donors (Lipinski definition) is 4. The van der Waals surface area contributed by atoms with Crippen molar-refractivity contribution in [1.29, 1.82) is 0 Å². The van der Waals surface area contributed by atoms with E-state index in [9.17, 15) is 29.7 Å². The number of carboxylic acids is 1. The van der Waals surface area contributed by atoms with Gasteiger partial charge in [0.25, 0.3) is 0 Å². The second kappa shape index (κ2) is 8.49. The van der Waals surface area contributed by atoms with E-state index in [0.29, 0.717) is 19.3 Å². The van der Waals surface area contributed by atoms with Crippen LogP contribution in [-0.2, 0) is 19.1 Å². The fourth-order valence-corrected chi connectivity index (χ4v) is 7.80. The molecular formula is C26H35FO8. The number of aliphatic hydroxyl groups is 3. The van der Waals surface area contributed by atoms with Gasteiger partial charge in [0.15, 0.2) is 12.3 Å². The molecule has 4 aliphatic rings. The van der Waals surface area contributed by atoms with E-state index in [2.05, 4.69) is 0 Å². The Morgan fingerprint density at radius 1 is 1.17 bits per heavy atom. The van der Waals surface area contributed by atoms with Crippen LogP contribution in [0.5, 0.6) is 0 Å². The van der Waals surface area contributed by atoms with E-state index in [1.807, 2.05) is 0 Å². The molecule has 0 aromatic rings. The summed E-state index contributed by atoms with van der Waals surface area (Å²) >= 11 is 0. The lowest BCUT2D eigenvalue weighted by atomic mass is 9.44. The average Bonchev–Trinajstić information content (AvgIpc) is 2.99. The van der Waals surface area contributed by atoms with Gasteiger partial charge >= 0.3 is 11.9 Å². The normalized spacial score (nSPS) is 46.1. The molecule has 0 saturated heterocycles. The Bertz CT molecular complexity index is 992. The van der Waals surface area contributed by atoms with Crippen LogP contribution in [0.2, 0.25) is 0 Å². The van der Waals surface area contributed by atoms with Crippen molar-refractivity contribution in [2.45, 2.75) is 82.8 Å². The van der Waals surface area contributed by atoms with Crippen molar-refractivity contribution in [1.82, 2.24) is 0 Å². The smallest absolute Gasteiger partial charge is 0.306 e. The first-order chi connectivity index (χ1) is 16.2. The number of Topliss-reactive ketones (excluding diaryl/α,β-unsaturated/α-hetero) is 1. The first kappa shape index (κ1) is 26.0. The van der Waals surface area contributed by atoms with Crippen LogP contribution in [0.25, 0.3) is 0 Å². The molecule has 0 heterocycles. The van der Waals surface area contributed by atoms with Gasteiger partial charge in [0.05, 0.1) is 25.0 Å². The van der Waals surface area contributed by atoms with Crippen molar-refractivity contribution in [3.8, 4) is 0 Å². The predicted octanol–water partition coefficient (Wildman–Crippen LogP) is 2.10. The Morgan fingerprint density at radius 3 is 2.51 bits per heavy atom. The molecule has 9 heteroatoms. The molecular weight excluding hydrogens is 459 g/mol. The fraction of sp³-hybridized carbons (Fsp3) is 0.731. The zero-order chi connectivity index (χ0) is 26.0. The van der Waals surface area contributed by atoms with Crippen LogP contribution < -0.4 is 0 Å². The van der Waals surface area contributed by atoms with E-state index in [1.165, 1.54) is 6.08 Å². The van der Waals surface area contributed by atoms with Crippen molar-refractivity contribution >= 4 is 17.7 Å². The zero-order valence-electron chi connectivity index (χ0n) is 20.4. The maximum atomic E-state index is 17.1. The molecule has 0 bridgehead atoms. The van der Waals surface area contributed by atoms with Crippen LogP contribution in [0.15, 0.2) is 23.8 Å². The molecule has 4 N–H and O–H groups in total. The molecule has 4 aliphatic carbocycles. The van der Waals surface area contributed by atoms with Gasteiger partial charge in [-0.05, 0) is 44.4 Å². The number of aliphatic hydroxyl groups excluding tert-OH is 2. The number of alkyl halides is 1. The first-order valence-corrected chi connectivity index (χ1v) is 12.3. The summed E-state index contributed by atoms with van der Waals surface area (Å²) in [6.45, 7) is 4.45. The summed E-state index contributed by atoms with van der Waals surface area (Å²) in [4.78, 5) is 35.8. The molecule has 3 fully saturated rings. The van der Waals surface area contributed by atoms with Crippen molar-refractivity contribution in [2.75, 3.05) is 6.61 Å². The van der Waals surface area contributed by atoms with Crippen molar-refractivity contribution < 1.29 is 43.9 Å². The molecule has 3 saturated carbocycles. The predicted molar refractivity (Wildman–Crippen MR) is 122 cm³/mol. The van der Waals surface area contributed by atoms with Gasteiger partial charge in [0.2, 0.25) is 5.78 Å². The summed E-state index contributed by atoms with van der Waals surface area (Å²) < 4.78 is 22.1. The highest BCUT2D eigenvalue weighted by Crippen LogP contribution is 2.70. The molecule has 0 aromatic heterocycles. The number of halogens is 1. The lowest BCUT2D eigenvalue weighted by Gasteiger charge is -2.62. The Balaban J connectivity index is 1.62. The largest absolute Gasteiger partial charge is 0.481 e. The maximum Gasteiger partial charge on any atom is 0.306 e. The van der Waals surface area contributed by atoms with E-state index < -0.39 is 89.2 Å². The van der Waals surface area contributed by atoms with E-state index in [1.54, 1.807) is 32.9 Å². The molecule has 0 spiro atoms. The molecule has 0 aromatic carbocycles. The SMILES string of the molecule is C[C@@H]1C[C@H]2[C@@H]3CCC4=CC(O)C=C[C@]4(C)[C@@]3(F)[C@@H](O)C[C@]2(C)[C@@]1(O)C(=O)COC(=O)CCC(=O)O. The molecule has 4 rings (SSSR count). The Morgan fingerprint density at radius 2 is 1.86 bits per heavy atom. The second-order valence-electron chi connectivity index (χ2n) is 11.3. The van der Waals surface area contributed by atoms with Gasteiger partial charge < -0.3 is 25.2 Å². The summed E-state index contributed by atoms with van der Waals surface area (Å²) in [7, 11) is 0. The van der Waals surface area contributed by atoms with Gasteiger partial charge in [-0.25, -0.2) is 4.39 Å². The van der Waals surface area contributed by atoms with E-state index in [4.69, 9.17) is 9.84 Å². The van der Waals surface area contributed by atoms with Gasteiger partial charge in [0, 0.05) is 16.7 Å². The van der Waals surface area contributed by atoms with Crippen LogP contribution in [0.3, 0.4) is 0 Å². The third-order valence-electron chi connectivity index (χ3n) is 9.66. The Labute approximate surface area is 203 Å². The summed E-state index contributed by atoms with van der Waals surface area (Å²) in [6.07, 6.45) is 2.92. The number of aliphatic carboxylic acids is 1. The third-order valence-corrected chi connectivity index (χ3v) is 9.66. The maximum absolute atomic E-state index is 17.1. The first-order valence-electron chi connectivity index (χ1n) is 12.3. The van der Waals surface area contributed by atoms with Crippen LogP contribution in [0.4, 0.5) is 4.39 Å². The molecule has 0 radical (unpaired) electrons. The zero-order valence-corrected chi connectivity index (χ0v) is 20.4. The van der Waals surface area contributed by atoms with Gasteiger partial charge in [0.1, 0.15) is 5.60 Å². The summed E-state index contributed by atoms with van der Waals surface area (Å²) in [5, 5.41) is 41.9. The summed E-state index contributed by atoms with van der Waals surface area (Å²) in [5.41, 5.74) is -5.48. The highest BCUT2D eigenvalue weighted by atomic mass is 19.1. The highest BCUT2D eigenvalue weighted by Gasteiger charge is 2.75. The quantitative estimate of drug-likeness (QED) is 0.325. The van der Waals surface area contributed by atoms with Gasteiger partial charge in [-0.3, -0.25) is 14.4 Å². The lowest BCUT2D eigenvalue weighted by Crippen LogP contribution is -2.69. The Hall–Kier alpha value is -2.10. The van der Waals surface area contributed by atoms with Crippen molar-refractivity contribution in [3.05, 3.63) is 23.8 Å². The standard InChI is InChI=1S/C26H35FO8/c1-14-10-18-17-5-4-15-11-16(28)8-9-23(15,2)25(17,27)19(29)12-24(18,3)26(14,34)20(30)13-35-22(33)7-6-21(31)32/h8-9,11,14,16-19,28-29,34H,4-7,10,12-13H2,1-3H3,(H,31,32)/t14-,16?,17+,18+,19+,23+,24+,25+,26+/m1/s1. The van der Waals surface area contributed by atoms with Crippen LogP contribution in [-0.4, -0.2) is 68.2 Å². The van der Waals surface area contributed by atoms with E-state index in [-0.39, 0.29) is 6.42 Å². The van der Waals surface area contributed by atoms with Gasteiger partial charge in [-0.1, -0.05) is 37.6 Å². The number of ether oxygens (including phenoxy) is 1. The van der Waals surface area contributed by atoms with Crippen LogP contribution in [0, 0.1) is 28.6 Å². The molecule has 0 amide bonds. The number of ketones is 1. The average molecular weight is 495 g/mol. The van der Waals surface area contributed by atoms with Crippen molar-refractivity contribution in [3.63, 3.8) is 0 Å². The minimum Gasteiger partial charge on any atom is -0.481 e. The van der Waals surface area contributed by atoms with Crippen LogP contribution in [0.1, 0.15) is 59.3 Å². The topological polar surface area (TPSA) is 141 Å². The van der Waals surface area contributed by atoms with Crippen LogP contribution >= 0.6 is 0 Å². The second-order valence-corrected chi connectivity index (χ2v) is 11.3. The number of carbonyl (C=O) groups is 3. The molecule has 0 aliphatic heterocycles. The monoisotopic (exact) mass is 494 g/mol. The molecule has 194 valence electrons. The number of esters is 1. The Kier molecular flexibility index (Phi) is 6.30. The minimum absolute atomic E-state index is 0.149. The number of hydrogen-bond acceptors (Lipinski definition) is 7. The van der Waals surface area contributed by atoms with E-state index >= 15 is 4.39 Å². The molecule has 1 unspecified atom stereocenters. The molecule has 35 heavy (non-hydrogen) atoms. The highest BCUT2D eigenvalue weighted by molar-refractivity contribution is 5.91. The summed E-state index contributed by atoms with van der Waals surface area (Å²) in [5.74, 6) is -4.33. The van der Waals surface area contributed by atoms with Gasteiger partial charge in [-0.2, -0.15) is 0 Å². The van der Waals surface area contributed by atoms with Crippen molar-refractivity contribution in [2.24, 2.45) is 28.6 Å². The molecule has 8 nitrogen and oxygen atoms in total. The number of allylic oxidation sites excluding steroid dienone is 2. The third kappa shape index (κ3) is 3.53. The van der Waals surface area contributed by atoms with E-state index in [0.717, 1.165) is 5.57 Å². The number of fused-ring (bicyclic) bond motifs is 5. The fourth-order valence-electron chi connectivity index (χ4n) is 7.80. The lowest BCUT2D eigenvalue weighted by molar-refractivity contribution is -0.220. The van der Waals surface area contributed by atoms with Gasteiger partial charge in [-0.15, -0.1) is 0 Å². The number of rotatable bonds is 6. The number of carboxylic acid groups (broad SMARTS) is 1. The summed E-state index contributed by atoms with van der Waals surface area (Å²) in [6, 6.07) is 0. The molecule has 9 atom stereocenters.